The van der Waals surface area contributed by atoms with Gasteiger partial charge in [-0.15, -0.1) is 0 Å². The first-order valence-electron chi connectivity index (χ1n) is 10.6. The van der Waals surface area contributed by atoms with Crippen molar-refractivity contribution in [2.24, 2.45) is 0 Å². The molecule has 0 unspecified atom stereocenters. The summed E-state index contributed by atoms with van der Waals surface area (Å²) in [5, 5.41) is 109. The fraction of sp³-hybridized carbons (Fsp3) is 1.00. The monoisotopic (exact) mass is 504 g/mol. The molecule has 0 aromatic rings. The molecule has 16 nitrogen and oxygen atoms in total. The minimum absolute atomic E-state index is 0.769. The fourth-order valence-corrected chi connectivity index (χ4v) is 4.03. The van der Waals surface area contributed by atoms with Crippen LogP contribution in [0.4, 0.5) is 0 Å². The maximum absolute atomic E-state index is 10.6. The lowest BCUT2D eigenvalue weighted by molar-refractivity contribution is -0.387. The molecule has 15 atom stereocenters. The molecule has 0 aromatic heterocycles. The van der Waals surface area contributed by atoms with E-state index in [4.69, 9.17) is 23.7 Å². The highest BCUT2D eigenvalue weighted by Gasteiger charge is 2.53. The van der Waals surface area contributed by atoms with Crippen LogP contribution in [0.3, 0.4) is 0 Å². The van der Waals surface area contributed by atoms with E-state index >= 15 is 0 Å². The fourth-order valence-electron chi connectivity index (χ4n) is 4.03. The van der Waals surface area contributed by atoms with Crippen LogP contribution in [0, 0.1) is 0 Å². The SMILES string of the molecule is OC[C@H]1O[C@@H](O)[C@H](O[C@@H]2O[C@H](CO)[C@@H](O)[C@H](O)[C@H]2O)[C@@H](O[C@@H]2O[C@H](CO)[C@@H](O)[C@H](O)[C@@H]2O)[C@H]1O. The largest absolute Gasteiger partial charge is 0.394 e. The summed E-state index contributed by atoms with van der Waals surface area (Å²) in [5.74, 6) is 0. The summed E-state index contributed by atoms with van der Waals surface area (Å²) in [6, 6.07) is 0. The highest BCUT2D eigenvalue weighted by atomic mass is 16.8. The van der Waals surface area contributed by atoms with Crippen molar-refractivity contribution in [1.82, 2.24) is 0 Å². The Morgan fingerprint density at radius 3 is 1.24 bits per heavy atom. The predicted molar refractivity (Wildman–Crippen MR) is 101 cm³/mol. The molecule has 3 fully saturated rings. The molecule has 0 saturated carbocycles. The Morgan fingerprint density at radius 1 is 0.441 bits per heavy atom. The van der Waals surface area contributed by atoms with Gasteiger partial charge in [-0.05, 0) is 0 Å². The summed E-state index contributed by atoms with van der Waals surface area (Å²) in [6.07, 6.45) is -25.6. The lowest BCUT2D eigenvalue weighted by Crippen LogP contribution is -2.67. The van der Waals surface area contributed by atoms with E-state index in [2.05, 4.69) is 0 Å². The van der Waals surface area contributed by atoms with E-state index in [1.165, 1.54) is 0 Å². The van der Waals surface area contributed by atoms with Crippen LogP contribution in [0.15, 0.2) is 0 Å². The topological polar surface area (TPSA) is 269 Å². The first-order chi connectivity index (χ1) is 16.0. The lowest BCUT2D eigenvalue weighted by Gasteiger charge is -2.48. The van der Waals surface area contributed by atoms with Crippen molar-refractivity contribution in [3.05, 3.63) is 0 Å². The third-order valence-corrected chi connectivity index (χ3v) is 6.10. The molecule has 0 amide bonds. The van der Waals surface area contributed by atoms with Crippen LogP contribution in [-0.2, 0) is 23.7 Å². The zero-order valence-corrected chi connectivity index (χ0v) is 17.7. The molecule has 0 spiro atoms. The number of aliphatic hydroxyl groups excluding tert-OH is 11. The van der Waals surface area contributed by atoms with E-state index in [1.54, 1.807) is 0 Å². The number of rotatable bonds is 7. The average molecular weight is 504 g/mol. The van der Waals surface area contributed by atoms with Crippen molar-refractivity contribution in [2.75, 3.05) is 19.8 Å². The van der Waals surface area contributed by atoms with Crippen molar-refractivity contribution in [1.29, 1.82) is 0 Å². The van der Waals surface area contributed by atoms with Gasteiger partial charge < -0.3 is 79.9 Å². The van der Waals surface area contributed by atoms with Gasteiger partial charge in [-0.25, -0.2) is 0 Å². The molecule has 0 aliphatic carbocycles. The van der Waals surface area contributed by atoms with Gasteiger partial charge in [-0.3, -0.25) is 0 Å². The second kappa shape index (κ2) is 11.6. The summed E-state index contributed by atoms with van der Waals surface area (Å²) >= 11 is 0. The molecule has 200 valence electrons. The van der Waals surface area contributed by atoms with Crippen molar-refractivity contribution in [2.45, 2.75) is 92.1 Å². The predicted octanol–water partition coefficient (Wildman–Crippen LogP) is -7.57. The molecule has 3 saturated heterocycles. The quantitative estimate of drug-likeness (QED) is 0.154. The molecule has 3 aliphatic heterocycles. The van der Waals surface area contributed by atoms with Gasteiger partial charge in [0.05, 0.1) is 19.8 Å². The highest BCUT2D eigenvalue weighted by Crippen LogP contribution is 2.32. The van der Waals surface area contributed by atoms with E-state index in [9.17, 15) is 56.2 Å². The standard InChI is InChI=1S/C18H32O16/c19-1-4-7(22)10(25)12(27)17(31-4)33-14-9(24)6(3-21)30-16(29)15(14)34-18-13(28)11(26)8(23)5(2-20)32-18/h4-29H,1-3H2/t4-,5-,6-,7-,8-,9+,10+,11+,12+,13-,14+,15-,16-,17+,18+/m1/s1. The highest BCUT2D eigenvalue weighted by molar-refractivity contribution is 4.96. The van der Waals surface area contributed by atoms with Crippen molar-refractivity contribution >= 4 is 0 Å². The van der Waals surface area contributed by atoms with Gasteiger partial charge in [0.25, 0.3) is 0 Å². The van der Waals surface area contributed by atoms with Crippen molar-refractivity contribution in [3.8, 4) is 0 Å². The molecule has 0 aromatic carbocycles. The minimum Gasteiger partial charge on any atom is -0.394 e. The molecule has 11 N–H and O–H groups in total. The maximum atomic E-state index is 10.6. The summed E-state index contributed by atoms with van der Waals surface area (Å²) < 4.78 is 26.5. The van der Waals surface area contributed by atoms with Gasteiger partial charge in [0.2, 0.25) is 0 Å². The first kappa shape index (κ1) is 27.9. The van der Waals surface area contributed by atoms with Crippen LogP contribution in [0.5, 0.6) is 0 Å². The third kappa shape index (κ3) is 5.37. The normalized spacial score (nSPS) is 52.5. The average Bonchev–Trinajstić information content (AvgIpc) is 2.83. The first-order valence-corrected chi connectivity index (χ1v) is 10.6. The molecule has 0 radical (unpaired) electrons. The minimum atomic E-state index is -1.94. The van der Waals surface area contributed by atoms with Gasteiger partial charge in [0.15, 0.2) is 18.9 Å². The van der Waals surface area contributed by atoms with E-state index in [1.807, 2.05) is 0 Å². The van der Waals surface area contributed by atoms with Crippen molar-refractivity contribution < 1.29 is 79.9 Å². The van der Waals surface area contributed by atoms with Gasteiger partial charge in [-0.1, -0.05) is 0 Å². The Bertz CT molecular complexity index is 637. The second-order valence-corrected chi connectivity index (χ2v) is 8.33. The van der Waals surface area contributed by atoms with E-state index in [0.717, 1.165) is 0 Å². The van der Waals surface area contributed by atoms with E-state index < -0.39 is 112 Å². The van der Waals surface area contributed by atoms with Crippen LogP contribution in [0.1, 0.15) is 0 Å². The molecule has 3 heterocycles. The van der Waals surface area contributed by atoms with Crippen LogP contribution in [0.25, 0.3) is 0 Å². The molecular weight excluding hydrogens is 472 g/mol. The summed E-state index contributed by atoms with van der Waals surface area (Å²) in [4.78, 5) is 0. The molecule has 3 aliphatic rings. The number of hydrogen-bond donors (Lipinski definition) is 11. The summed E-state index contributed by atoms with van der Waals surface area (Å²) in [5.41, 5.74) is 0. The van der Waals surface area contributed by atoms with E-state index in [-0.39, 0.29) is 0 Å². The molecule has 16 heteroatoms. The van der Waals surface area contributed by atoms with Crippen LogP contribution in [0.2, 0.25) is 0 Å². The Balaban J connectivity index is 1.83. The molecule has 34 heavy (non-hydrogen) atoms. The second-order valence-electron chi connectivity index (χ2n) is 8.33. The van der Waals surface area contributed by atoms with Gasteiger partial charge in [0, 0.05) is 0 Å². The Kier molecular flexibility index (Phi) is 9.54. The summed E-state index contributed by atoms with van der Waals surface area (Å²) in [6.45, 7) is -2.33. The smallest absolute Gasteiger partial charge is 0.187 e. The van der Waals surface area contributed by atoms with Crippen LogP contribution in [-0.4, -0.2) is 168 Å². The Hall–Kier alpha value is -0.640. The lowest BCUT2D eigenvalue weighted by atomic mass is 9.96. The molecular formula is C18H32O16. The van der Waals surface area contributed by atoms with Gasteiger partial charge >= 0.3 is 0 Å². The van der Waals surface area contributed by atoms with Gasteiger partial charge in [0.1, 0.15) is 73.2 Å². The summed E-state index contributed by atoms with van der Waals surface area (Å²) in [7, 11) is 0. The Morgan fingerprint density at radius 2 is 0.824 bits per heavy atom. The third-order valence-electron chi connectivity index (χ3n) is 6.10. The van der Waals surface area contributed by atoms with Gasteiger partial charge in [-0.2, -0.15) is 0 Å². The molecule has 0 bridgehead atoms. The zero-order valence-electron chi connectivity index (χ0n) is 17.7. The van der Waals surface area contributed by atoms with Crippen LogP contribution >= 0.6 is 0 Å². The number of aliphatic hydroxyl groups is 11. The zero-order chi connectivity index (χ0) is 25.3. The number of ether oxygens (including phenoxy) is 5. The van der Waals surface area contributed by atoms with Crippen molar-refractivity contribution in [3.63, 3.8) is 0 Å². The molecule has 3 rings (SSSR count). The Labute approximate surface area is 192 Å². The van der Waals surface area contributed by atoms with Crippen LogP contribution < -0.4 is 0 Å². The number of hydrogen-bond acceptors (Lipinski definition) is 16. The maximum Gasteiger partial charge on any atom is 0.187 e. The van der Waals surface area contributed by atoms with E-state index in [0.29, 0.717) is 0 Å².